The van der Waals surface area contributed by atoms with E-state index >= 15 is 0 Å². The Morgan fingerprint density at radius 1 is 1.17 bits per heavy atom. The smallest absolute Gasteiger partial charge is 0.412 e. The number of carbonyl (C=O) groups is 2. The van der Waals surface area contributed by atoms with Crippen molar-refractivity contribution >= 4 is 17.7 Å². The number of hydrogen-bond donors (Lipinski definition) is 1. The molecule has 23 heavy (non-hydrogen) atoms. The van der Waals surface area contributed by atoms with Crippen LogP contribution >= 0.6 is 0 Å². The fraction of sp³-hybridized carbons (Fsp3) is 0.467. The number of nitrogens with one attached hydrogen (secondary N) is 1. The number of carbonyl (C=O) groups excluding carboxylic acids is 2. The van der Waals surface area contributed by atoms with Crippen LogP contribution in [0.1, 0.15) is 40.5 Å². The predicted molar refractivity (Wildman–Crippen MR) is 76.7 cm³/mol. The molecule has 0 aliphatic carbocycles. The maximum atomic E-state index is 14.2. The van der Waals surface area contributed by atoms with Gasteiger partial charge in [-0.1, -0.05) is 6.92 Å². The third-order valence-corrected chi connectivity index (χ3v) is 2.43. The van der Waals surface area contributed by atoms with Crippen LogP contribution in [0.25, 0.3) is 0 Å². The van der Waals surface area contributed by atoms with Crippen LogP contribution in [-0.4, -0.2) is 17.7 Å². The number of hydrogen-bond acceptors (Lipinski definition) is 4. The first-order valence-corrected chi connectivity index (χ1v) is 6.93. The van der Waals surface area contributed by atoms with E-state index in [1.807, 2.05) is 0 Å². The minimum absolute atomic E-state index is 0.0206. The van der Waals surface area contributed by atoms with E-state index in [2.05, 4.69) is 4.74 Å². The Hall–Kier alpha value is -2.25. The van der Waals surface area contributed by atoms with Crippen LogP contribution in [0, 0.1) is 17.5 Å². The molecule has 0 heterocycles. The summed E-state index contributed by atoms with van der Waals surface area (Å²) in [7, 11) is 0. The van der Waals surface area contributed by atoms with E-state index < -0.39 is 46.6 Å². The van der Waals surface area contributed by atoms with Gasteiger partial charge in [-0.25, -0.2) is 18.0 Å². The van der Waals surface area contributed by atoms with Gasteiger partial charge in [0.15, 0.2) is 23.2 Å². The first-order chi connectivity index (χ1) is 10.5. The highest BCUT2D eigenvalue weighted by atomic mass is 19.2. The van der Waals surface area contributed by atoms with Gasteiger partial charge < -0.3 is 9.47 Å². The average Bonchev–Trinajstić information content (AvgIpc) is 2.39. The van der Waals surface area contributed by atoms with Crippen LogP contribution < -0.4 is 10.1 Å². The van der Waals surface area contributed by atoms with Crippen LogP contribution in [0.4, 0.5) is 23.7 Å². The lowest BCUT2D eigenvalue weighted by Crippen LogP contribution is -2.28. The van der Waals surface area contributed by atoms with Gasteiger partial charge in [0, 0.05) is 12.5 Å². The molecule has 1 N–H and O–H groups in total. The fourth-order valence-corrected chi connectivity index (χ4v) is 1.55. The van der Waals surface area contributed by atoms with Crippen molar-refractivity contribution in [3.8, 4) is 5.75 Å². The van der Waals surface area contributed by atoms with E-state index in [9.17, 15) is 22.8 Å². The fourth-order valence-electron chi connectivity index (χ4n) is 1.55. The first kappa shape index (κ1) is 18.8. The van der Waals surface area contributed by atoms with E-state index in [0.29, 0.717) is 12.5 Å². The minimum atomic E-state index is -1.62. The maximum absolute atomic E-state index is 14.2. The molecule has 5 nitrogen and oxygen atoms in total. The molecule has 1 amide bonds. The molecule has 0 aliphatic rings. The Morgan fingerprint density at radius 3 is 2.30 bits per heavy atom. The van der Waals surface area contributed by atoms with Gasteiger partial charge in [0.1, 0.15) is 11.3 Å². The number of benzene rings is 1. The third kappa shape index (κ3) is 5.46. The SMILES string of the molecule is CCCC(=O)Oc1cc(F)c(F)c(NC(=O)OC(C)(C)C)c1F. The van der Waals surface area contributed by atoms with Crippen LogP contribution in [-0.2, 0) is 9.53 Å². The number of rotatable bonds is 4. The summed E-state index contributed by atoms with van der Waals surface area (Å²) in [6, 6.07) is 0.401. The number of esters is 1. The summed E-state index contributed by atoms with van der Waals surface area (Å²) in [5.74, 6) is -6.12. The van der Waals surface area contributed by atoms with Gasteiger partial charge >= 0.3 is 12.1 Å². The lowest BCUT2D eigenvalue weighted by atomic mass is 10.2. The molecule has 0 aliphatic heterocycles. The van der Waals surface area contributed by atoms with Gasteiger partial charge in [-0.2, -0.15) is 0 Å². The second kappa shape index (κ2) is 7.34. The monoisotopic (exact) mass is 333 g/mol. The summed E-state index contributed by atoms with van der Waals surface area (Å²) >= 11 is 0. The van der Waals surface area contributed by atoms with Crippen molar-refractivity contribution in [3.63, 3.8) is 0 Å². The standard InChI is InChI=1S/C15H18F3NO4/c1-5-6-10(20)22-9-7-8(16)11(17)13(12(9)18)19-14(21)23-15(2,3)4/h7H,5-6H2,1-4H3,(H,19,21). The van der Waals surface area contributed by atoms with E-state index in [0.717, 1.165) is 0 Å². The molecule has 1 rings (SSSR count). The number of ether oxygens (including phenoxy) is 2. The van der Waals surface area contributed by atoms with Crippen LogP contribution in [0.3, 0.4) is 0 Å². The zero-order chi connectivity index (χ0) is 17.8. The molecular weight excluding hydrogens is 315 g/mol. The summed E-state index contributed by atoms with van der Waals surface area (Å²) in [5.41, 5.74) is -2.00. The first-order valence-electron chi connectivity index (χ1n) is 6.93. The zero-order valence-electron chi connectivity index (χ0n) is 13.3. The Balaban J connectivity index is 3.09. The average molecular weight is 333 g/mol. The summed E-state index contributed by atoms with van der Waals surface area (Å²) in [6.45, 7) is 6.33. The molecule has 0 radical (unpaired) electrons. The Bertz CT molecular complexity index is 612. The molecule has 0 unspecified atom stereocenters. The molecule has 0 saturated carbocycles. The molecule has 0 atom stereocenters. The van der Waals surface area contributed by atoms with Crippen LogP contribution in [0.15, 0.2) is 6.07 Å². The van der Waals surface area contributed by atoms with Crippen molar-refractivity contribution in [1.82, 2.24) is 0 Å². The van der Waals surface area contributed by atoms with Crippen molar-refractivity contribution in [2.24, 2.45) is 0 Å². The highest BCUT2D eigenvalue weighted by molar-refractivity contribution is 5.86. The van der Waals surface area contributed by atoms with Gasteiger partial charge in [0.2, 0.25) is 0 Å². The van der Waals surface area contributed by atoms with Crippen LogP contribution in [0.2, 0.25) is 0 Å². The lowest BCUT2D eigenvalue weighted by molar-refractivity contribution is -0.134. The van der Waals surface area contributed by atoms with E-state index in [4.69, 9.17) is 4.74 Å². The molecule has 0 spiro atoms. The maximum Gasteiger partial charge on any atom is 0.412 e. The topological polar surface area (TPSA) is 64.6 Å². The predicted octanol–water partition coefficient (Wildman–Crippen LogP) is 4.16. The van der Waals surface area contributed by atoms with Crippen molar-refractivity contribution in [2.45, 2.75) is 46.1 Å². The molecule has 1 aromatic rings. The summed E-state index contributed by atoms with van der Waals surface area (Å²) in [4.78, 5) is 22.9. The molecule has 1 aromatic carbocycles. The Morgan fingerprint density at radius 2 is 1.78 bits per heavy atom. The van der Waals surface area contributed by atoms with Gasteiger partial charge in [-0.05, 0) is 27.2 Å². The zero-order valence-corrected chi connectivity index (χ0v) is 13.3. The van der Waals surface area contributed by atoms with Crippen molar-refractivity contribution in [2.75, 3.05) is 5.32 Å². The highest BCUT2D eigenvalue weighted by Crippen LogP contribution is 2.30. The molecule has 0 aromatic heterocycles. The normalized spacial score (nSPS) is 11.1. The molecule has 0 saturated heterocycles. The van der Waals surface area contributed by atoms with Crippen LogP contribution in [0.5, 0.6) is 5.75 Å². The van der Waals surface area contributed by atoms with Gasteiger partial charge in [0.05, 0.1) is 0 Å². The Kier molecular flexibility index (Phi) is 6.00. The van der Waals surface area contributed by atoms with Crippen molar-refractivity contribution < 1.29 is 32.2 Å². The number of halogens is 3. The molecule has 0 fully saturated rings. The number of amides is 1. The van der Waals surface area contributed by atoms with Gasteiger partial charge in [0.25, 0.3) is 0 Å². The molecule has 8 heteroatoms. The van der Waals surface area contributed by atoms with Crippen molar-refractivity contribution in [3.05, 3.63) is 23.5 Å². The second-order valence-electron chi connectivity index (χ2n) is 5.71. The van der Waals surface area contributed by atoms with E-state index in [1.165, 1.54) is 0 Å². The number of anilines is 1. The molecular formula is C15H18F3NO4. The van der Waals surface area contributed by atoms with Gasteiger partial charge in [-0.3, -0.25) is 10.1 Å². The lowest BCUT2D eigenvalue weighted by Gasteiger charge is -2.20. The second-order valence-corrected chi connectivity index (χ2v) is 5.71. The summed E-state index contributed by atoms with van der Waals surface area (Å²) in [6.07, 6.45) is -0.757. The Labute approximate surface area is 131 Å². The summed E-state index contributed by atoms with van der Waals surface area (Å²) < 4.78 is 50.8. The molecule has 0 bridgehead atoms. The highest BCUT2D eigenvalue weighted by Gasteiger charge is 2.25. The summed E-state index contributed by atoms with van der Waals surface area (Å²) in [5, 5.41) is 1.78. The van der Waals surface area contributed by atoms with E-state index in [1.54, 1.807) is 33.0 Å². The quantitative estimate of drug-likeness (QED) is 0.510. The third-order valence-electron chi connectivity index (χ3n) is 2.43. The largest absolute Gasteiger partial charge is 0.444 e. The van der Waals surface area contributed by atoms with Gasteiger partial charge in [-0.15, -0.1) is 0 Å². The minimum Gasteiger partial charge on any atom is -0.444 e. The van der Waals surface area contributed by atoms with E-state index in [-0.39, 0.29) is 6.42 Å². The van der Waals surface area contributed by atoms with Crippen molar-refractivity contribution in [1.29, 1.82) is 0 Å². The molecule has 128 valence electrons.